The van der Waals surface area contributed by atoms with Gasteiger partial charge in [-0.15, -0.1) is 0 Å². The largest absolute Gasteiger partial charge is 0.335 e. The summed E-state index contributed by atoms with van der Waals surface area (Å²) >= 11 is 0. The Morgan fingerprint density at radius 2 is 1.50 bits per heavy atom. The Labute approximate surface area is 179 Å². The molecule has 1 saturated heterocycles. The van der Waals surface area contributed by atoms with Gasteiger partial charge >= 0.3 is 6.03 Å². The highest BCUT2D eigenvalue weighted by molar-refractivity contribution is 6.09. The fraction of sp³-hybridized carbons (Fsp3) is 0.625. The molecule has 6 heteroatoms. The van der Waals surface area contributed by atoms with Crippen LogP contribution in [-0.2, 0) is 15.1 Å². The van der Waals surface area contributed by atoms with Crippen LogP contribution in [0.1, 0.15) is 76.7 Å². The van der Waals surface area contributed by atoms with Crippen LogP contribution in [0, 0.1) is 0 Å². The Balaban J connectivity index is 1.53. The predicted octanol–water partition coefficient (Wildman–Crippen LogP) is 3.95. The maximum atomic E-state index is 13.5. The van der Waals surface area contributed by atoms with E-state index >= 15 is 0 Å². The quantitative estimate of drug-likeness (QED) is 0.746. The summed E-state index contributed by atoms with van der Waals surface area (Å²) in [6.45, 7) is 1.55. The van der Waals surface area contributed by atoms with Gasteiger partial charge in [-0.3, -0.25) is 14.5 Å². The van der Waals surface area contributed by atoms with Crippen molar-refractivity contribution in [2.75, 3.05) is 6.54 Å². The first-order valence-electron chi connectivity index (χ1n) is 11.5. The molecule has 4 rings (SSSR count). The molecule has 1 aromatic rings. The van der Waals surface area contributed by atoms with Gasteiger partial charge in [-0.1, -0.05) is 68.9 Å². The van der Waals surface area contributed by atoms with Gasteiger partial charge in [-0.2, -0.15) is 0 Å². The van der Waals surface area contributed by atoms with Crippen LogP contribution in [0.3, 0.4) is 0 Å². The second-order valence-corrected chi connectivity index (χ2v) is 9.20. The van der Waals surface area contributed by atoms with Crippen LogP contribution < -0.4 is 5.32 Å². The molecule has 6 nitrogen and oxygen atoms in total. The molecule has 162 valence electrons. The lowest BCUT2D eigenvalue weighted by molar-refractivity contribution is -0.143. The fourth-order valence-electron chi connectivity index (χ4n) is 5.45. The first-order chi connectivity index (χ1) is 14.5. The third-order valence-corrected chi connectivity index (χ3v) is 7.14. The van der Waals surface area contributed by atoms with Gasteiger partial charge in [0.2, 0.25) is 5.91 Å². The van der Waals surface area contributed by atoms with Crippen LogP contribution in [-0.4, -0.2) is 46.3 Å². The molecule has 0 aromatic heterocycles. The van der Waals surface area contributed by atoms with E-state index in [1.807, 2.05) is 30.3 Å². The standard InChI is InChI=1S/C24H33N3O3/c1-24(18-11-5-2-6-12-18)22(29)26(23(30)25-24)17-21(28)27(19-13-7-3-8-14-19)20-15-9-4-10-16-20/h2,5-6,11-12,19-20H,3-4,7-10,13-17H2,1H3,(H,25,30). The molecule has 3 aliphatic rings. The van der Waals surface area contributed by atoms with Crippen LogP contribution in [0.5, 0.6) is 0 Å². The molecule has 0 spiro atoms. The molecule has 1 N–H and O–H groups in total. The van der Waals surface area contributed by atoms with E-state index in [0.717, 1.165) is 61.8 Å². The second kappa shape index (κ2) is 8.78. The topological polar surface area (TPSA) is 69.7 Å². The molecule has 3 fully saturated rings. The van der Waals surface area contributed by atoms with E-state index in [1.165, 1.54) is 12.8 Å². The molecule has 2 saturated carbocycles. The monoisotopic (exact) mass is 411 g/mol. The van der Waals surface area contributed by atoms with Crippen molar-refractivity contribution in [3.05, 3.63) is 35.9 Å². The van der Waals surface area contributed by atoms with Crippen molar-refractivity contribution in [3.63, 3.8) is 0 Å². The van der Waals surface area contributed by atoms with E-state index in [9.17, 15) is 14.4 Å². The third-order valence-electron chi connectivity index (χ3n) is 7.14. The second-order valence-electron chi connectivity index (χ2n) is 9.20. The highest BCUT2D eigenvalue weighted by atomic mass is 16.2. The molecular formula is C24H33N3O3. The summed E-state index contributed by atoms with van der Waals surface area (Å²) in [5.74, 6) is -0.422. The zero-order chi connectivity index (χ0) is 21.1. The molecular weight excluding hydrogens is 378 g/mol. The normalized spacial score (nSPS) is 26.0. The van der Waals surface area contributed by atoms with E-state index in [-0.39, 0.29) is 30.4 Å². The molecule has 4 amide bonds. The summed E-state index contributed by atoms with van der Waals surface area (Å²) in [5, 5.41) is 2.82. The van der Waals surface area contributed by atoms with E-state index in [1.54, 1.807) is 6.92 Å². The van der Waals surface area contributed by atoms with Gasteiger partial charge in [0.15, 0.2) is 0 Å². The van der Waals surface area contributed by atoms with Crippen molar-refractivity contribution < 1.29 is 14.4 Å². The molecule has 30 heavy (non-hydrogen) atoms. The summed E-state index contributed by atoms with van der Waals surface area (Å²) < 4.78 is 0. The van der Waals surface area contributed by atoms with Crippen LogP contribution in [0.4, 0.5) is 4.79 Å². The van der Waals surface area contributed by atoms with Gasteiger partial charge in [-0.25, -0.2) is 4.79 Å². The highest BCUT2D eigenvalue weighted by Crippen LogP contribution is 2.32. The van der Waals surface area contributed by atoms with Crippen LogP contribution >= 0.6 is 0 Å². The first kappa shape index (κ1) is 20.9. The van der Waals surface area contributed by atoms with Gasteiger partial charge < -0.3 is 10.2 Å². The number of carbonyl (C=O) groups is 3. The van der Waals surface area contributed by atoms with Gasteiger partial charge in [-0.05, 0) is 38.2 Å². The van der Waals surface area contributed by atoms with Crippen molar-refractivity contribution in [1.29, 1.82) is 0 Å². The van der Waals surface area contributed by atoms with Crippen molar-refractivity contribution in [3.8, 4) is 0 Å². The number of nitrogens with zero attached hydrogens (tertiary/aromatic N) is 2. The molecule has 1 atom stereocenters. The number of hydrogen-bond donors (Lipinski definition) is 1. The van der Waals surface area contributed by atoms with Crippen LogP contribution in [0.2, 0.25) is 0 Å². The fourth-order valence-corrected chi connectivity index (χ4v) is 5.45. The lowest BCUT2D eigenvalue weighted by Gasteiger charge is -2.42. The van der Waals surface area contributed by atoms with Crippen molar-refractivity contribution in [2.24, 2.45) is 0 Å². The number of urea groups is 1. The predicted molar refractivity (Wildman–Crippen MR) is 115 cm³/mol. The zero-order valence-corrected chi connectivity index (χ0v) is 17.9. The number of carbonyl (C=O) groups excluding carboxylic acids is 3. The van der Waals surface area contributed by atoms with Crippen molar-refractivity contribution in [2.45, 2.75) is 88.8 Å². The average Bonchev–Trinajstić information content (AvgIpc) is 3.00. The molecule has 1 aliphatic heterocycles. The zero-order valence-electron chi connectivity index (χ0n) is 17.9. The van der Waals surface area contributed by atoms with E-state index in [0.29, 0.717) is 0 Å². The number of nitrogens with one attached hydrogen (secondary N) is 1. The number of benzene rings is 1. The van der Waals surface area contributed by atoms with Crippen molar-refractivity contribution >= 4 is 17.8 Å². The van der Waals surface area contributed by atoms with E-state index in [2.05, 4.69) is 10.2 Å². The van der Waals surface area contributed by atoms with Gasteiger partial charge in [0.25, 0.3) is 5.91 Å². The molecule has 2 aliphatic carbocycles. The third kappa shape index (κ3) is 3.96. The van der Waals surface area contributed by atoms with Crippen LogP contribution in [0.25, 0.3) is 0 Å². The lowest BCUT2D eigenvalue weighted by Crippen LogP contribution is -2.53. The number of hydrogen-bond acceptors (Lipinski definition) is 3. The minimum Gasteiger partial charge on any atom is -0.335 e. The molecule has 0 radical (unpaired) electrons. The number of imide groups is 1. The van der Waals surface area contributed by atoms with Gasteiger partial charge in [0, 0.05) is 12.1 Å². The summed E-state index contributed by atoms with van der Waals surface area (Å²) in [5.41, 5.74) is -0.395. The Morgan fingerprint density at radius 3 is 2.03 bits per heavy atom. The first-order valence-corrected chi connectivity index (χ1v) is 11.5. The summed E-state index contributed by atoms with van der Waals surface area (Å²) in [4.78, 5) is 42.6. The molecule has 1 aromatic carbocycles. The Hall–Kier alpha value is -2.37. The van der Waals surface area contributed by atoms with Crippen molar-refractivity contribution in [1.82, 2.24) is 15.1 Å². The SMILES string of the molecule is CC1(c2ccccc2)NC(=O)N(CC(=O)N(C2CCCCC2)C2CCCCC2)C1=O. The Morgan fingerprint density at radius 1 is 0.967 bits per heavy atom. The molecule has 1 heterocycles. The minimum absolute atomic E-state index is 0.0744. The summed E-state index contributed by atoms with van der Waals surface area (Å²) in [7, 11) is 0. The van der Waals surface area contributed by atoms with Gasteiger partial charge in [0.1, 0.15) is 12.1 Å². The molecule has 1 unspecified atom stereocenters. The van der Waals surface area contributed by atoms with Crippen LogP contribution in [0.15, 0.2) is 30.3 Å². The summed E-state index contributed by atoms with van der Waals surface area (Å²) in [6, 6.07) is 9.25. The maximum absolute atomic E-state index is 13.5. The maximum Gasteiger partial charge on any atom is 0.325 e. The highest BCUT2D eigenvalue weighted by Gasteiger charge is 2.50. The van der Waals surface area contributed by atoms with E-state index in [4.69, 9.17) is 0 Å². The Bertz CT molecular complexity index is 766. The minimum atomic E-state index is -1.13. The molecule has 0 bridgehead atoms. The van der Waals surface area contributed by atoms with E-state index < -0.39 is 11.6 Å². The number of rotatable bonds is 5. The average molecular weight is 412 g/mol. The summed E-state index contributed by atoms with van der Waals surface area (Å²) in [6.07, 6.45) is 11.2. The lowest BCUT2D eigenvalue weighted by atomic mass is 9.88. The van der Waals surface area contributed by atoms with Gasteiger partial charge in [0.05, 0.1) is 0 Å². The number of amides is 4. The smallest absolute Gasteiger partial charge is 0.325 e. The Kier molecular flexibility index (Phi) is 6.11.